The number of hydrogen-bond acceptors (Lipinski definition) is 5. The van der Waals surface area contributed by atoms with Gasteiger partial charge in [0, 0.05) is 6.42 Å². The molecule has 1 amide bonds. The molecule has 3 N–H and O–H groups in total. The Balaban J connectivity index is 4.34. The molecule has 58 heavy (non-hydrogen) atoms. The Labute approximate surface area is 354 Å². The number of unbranched alkanes of at least 4 members (excludes halogenated alkanes) is 6. The van der Waals surface area contributed by atoms with Gasteiger partial charge in [-0.05, 0) is 83.5 Å². The van der Waals surface area contributed by atoms with Crippen molar-refractivity contribution in [2.45, 2.75) is 142 Å². The monoisotopic (exact) mass is 826 g/mol. The van der Waals surface area contributed by atoms with Gasteiger partial charge >= 0.3 is 7.82 Å². The highest BCUT2D eigenvalue weighted by Gasteiger charge is 2.27. The Kier molecular flexibility index (Phi) is 37.3. The molecule has 0 aliphatic heterocycles. The second-order valence-corrected chi connectivity index (χ2v) is 16.8. The van der Waals surface area contributed by atoms with E-state index in [0.717, 1.165) is 83.5 Å². The van der Waals surface area contributed by atoms with Crippen molar-refractivity contribution in [3.05, 3.63) is 122 Å². The molecule has 0 spiro atoms. The van der Waals surface area contributed by atoms with Gasteiger partial charge in [-0.15, -0.1) is 0 Å². The summed E-state index contributed by atoms with van der Waals surface area (Å²) in [5.41, 5.74) is 0. The Morgan fingerprint density at radius 1 is 0.603 bits per heavy atom. The first-order valence-electron chi connectivity index (χ1n) is 21.9. The third-order valence-corrected chi connectivity index (χ3v) is 9.67. The molecule has 0 fully saturated rings. The average Bonchev–Trinajstić information content (AvgIpc) is 3.17. The predicted molar refractivity (Wildman–Crippen MR) is 248 cm³/mol. The highest BCUT2D eigenvalue weighted by atomic mass is 31.2. The second-order valence-electron chi connectivity index (χ2n) is 15.3. The van der Waals surface area contributed by atoms with Crippen LogP contribution in [0, 0.1) is 0 Å². The molecule has 0 aliphatic rings. The van der Waals surface area contributed by atoms with Crippen molar-refractivity contribution in [3.63, 3.8) is 0 Å². The molecule has 3 atom stereocenters. The third-order valence-electron chi connectivity index (χ3n) is 8.69. The summed E-state index contributed by atoms with van der Waals surface area (Å²) < 4.78 is 23.4. The summed E-state index contributed by atoms with van der Waals surface area (Å²) in [6.07, 6.45) is 58.8. The molecule has 0 aromatic heterocycles. The number of allylic oxidation sites excluding steroid dienone is 19. The van der Waals surface area contributed by atoms with Crippen molar-refractivity contribution in [1.82, 2.24) is 5.32 Å². The van der Waals surface area contributed by atoms with Crippen LogP contribution < -0.4 is 5.32 Å². The Hall–Kier alpha value is -3.10. The van der Waals surface area contributed by atoms with E-state index in [4.69, 9.17) is 9.05 Å². The van der Waals surface area contributed by atoms with Crippen LogP contribution in [0.15, 0.2) is 122 Å². The van der Waals surface area contributed by atoms with Crippen LogP contribution >= 0.6 is 7.82 Å². The zero-order chi connectivity index (χ0) is 42.8. The molecule has 328 valence electrons. The summed E-state index contributed by atoms with van der Waals surface area (Å²) in [6.45, 7) is 4.55. The first-order chi connectivity index (χ1) is 28.0. The summed E-state index contributed by atoms with van der Waals surface area (Å²) in [7, 11) is 1.51. The van der Waals surface area contributed by atoms with Gasteiger partial charge in [-0.1, -0.05) is 161 Å². The highest BCUT2D eigenvalue weighted by molar-refractivity contribution is 7.47. The quantitative estimate of drug-likeness (QED) is 0.0249. The molecule has 8 nitrogen and oxygen atoms in total. The van der Waals surface area contributed by atoms with E-state index in [9.17, 15) is 19.4 Å². The Bertz CT molecular complexity index is 1350. The van der Waals surface area contributed by atoms with E-state index in [1.54, 1.807) is 6.08 Å². The number of carbonyl (C=O) groups is 1. The fraction of sp³-hybridized carbons (Fsp3) is 0.571. The van der Waals surface area contributed by atoms with Gasteiger partial charge in [0.15, 0.2) is 0 Å². The van der Waals surface area contributed by atoms with Crippen molar-refractivity contribution >= 4 is 13.7 Å². The van der Waals surface area contributed by atoms with Crippen LogP contribution in [0.2, 0.25) is 0 Å². The fourth-order valence-corrected chi connectivity index (χ4v) is 5.95. The van der Waals surface area contributed by atoms with Gasteiger partial charge in [0.05, 0.1) is 39.9 Å². The Morgan fingerprint density at radius 2 is 1.03 bits per heavy atom. The summed E-state index contributed by atoms with van der Waals surface area (Å²) in [6, 6.07) is -0.883. The lowest BCUT2D eigenvalue weighted by molar-refractivity contribution is -0.870. The van der Waals surface area contributed by atoms with Gasteiger partial charge in [0.2, 0.25) is 5.91 Å². The second kappa shape index (κ2) is 39.4. The number of aliphatic hydroxyl groups excluding tert-OH is 1. The minimum Gasteiger partial charge on any atom is -0.387 e. The SMILES string of the molecule is CC/C=C\C/C=C\C/C=C\C/C=C\C/C=C\C/C=C\C/C=C\C/C=C\C/C=C\CCCC(=O)NC(COP(=O)(O)OCC[N+](C)(C)C)C(O)/C=C/CCCCCCC. The van der Waals surface area contributed by atoms with E-state index in [0.29, 0.717) is 17.4 Å². The minimum absolute atomic E-state index is 0.0425. The van der Waals surface area contributed by atoms with Crippen molar-refractivity contribution in [1.29, 1.82) is 0 Å². The van der Waals surface area contributed by atoms with Gasteiger partial charge < -0.3 is 19.8 Å². The van der Waals surface area contributed by atoms with Crippen molar-refractivity contribution in [3.8, 4) is 0 Å². The van der Waals surface area contributed by atoms with Gasteiger partial charge in [-0.25, -0.2) is 4.57 Å². The van der Waals surface area contributed by atoms with Crippen LogP contribution in [0.1, 0.15) is 129 Å². The van der Waals surface area contributed by atoms with Crippen LogP contribution in [0.4, 0.5) is 0 Å². The van der Waals surface area contributed by atoms with Crippen molar-refractivity contribution in [2.75, 3.05) is 40.9 Å². The molecule has 0 aromatic carbocycles. The minimum atomic E-state index is -4.35. The normalized spacial score (nSPS) is 15.5. The summed E-state index contributed by atoms with van der Waals surface area (Å²) in [4.78, 5) is 23.0. The van der Waals surface area contributed by atoms with E-state index in [-0.39, 0.29) is 25.5 Å². The summed E-state index contributed by atoms with van der Waals surface area (Å²) >= 11 is 0. The van der Waals surface area contributed by atoms with Crippen molar-refractivity contribution < 1.29 is 32.9 Å². The number of nitrogens with one attached hydrogen (secondary N) is 1. The van der Waals surface area contributed by atoms with Crippen molar-refractivity contribution in [2.24, 2.45) is 0 Å². The molecule has 0 saturated heterocycles. The van der Waals surface area contributed by atoms with Gasteiger partial charge in [0.25, 0.3) is 0 Å². The predicted octanol–water partition coefficient (Wildman–Crippen LogP) is 12.3. The number of phosphoric ester groups is 1. The number of amides is 1. The van der Waals surface area contributed by atoms with E-state index < -0.39 is 20.0 Å². The maximum Gasteiger partial charge on any atom is 0.472 e. The first-order valence-corrected chi connectivity index (χ1v) is 23.4. The number of likely N-dealkylation sites (N-methyl/N-ethyl adjacent to an activating group) is 1. The molecule has 3 unspecified atom stereocenters. The lowest BCUT2D eigenvalue weighted by Crippen LogP contribution is -2.45. The van der Waals surface area contributed by atoms with E-state index in [1.807, 2.05) is 27.2 Å². The fourth-order valence-electron chi connectivity index (χ4n) is 5.22. The number of rotatable bonds is 37. The first kappa shape index (κ1) is 54.9. The lowest BCUT2D eigenvalue weighted by atomic mass is 10.1. The number of phosphoric acid groups is 1. The zero-order valence-corrected chi connectivity index (χ0v) is 37.9. The largest absolute Gasteiger partial charge is 0.472 e. The summed E-state index contributed by atoms with van der Waals surface area (Å²) in [5.74, 6) is -0.247. The molecule has 0 saturated carbocycles. The van der Waals surface area contributed by atoms with E-state index >= 15 is 0 Å². The molecule has 0 aliphatic carbocycles. The van der Waals surface area contributed by atoms with E-state index in [1.165, 1.54) is 19.3 Å². The van der Waals surface area contributed by atoms with Crippen LogP contribution in [0.25, 0.3) is 0 Å². The third kappa shape index (κ3) is 41.1. The highest BCUT2D eigenvalue weighted by Crippen LogP contribution is 2.43. The topological polar surface area (TPSA) is 105 Å². The molecule has 0 aromatic rings. The summed E-state index contributed by atoms with van der Waals surface area (Å²) in [5, 5.41) is 13.6. The van der Waals surface area contributed by atoms with E-state index in [2.05, 4.69) is 129 Å². The standard InChI is InChI=1S/C49H81N2O6P/c1-6-8-10-12-14-15-16-17-18-19-20-21-22-23-24-25-26-27-28-29-30-31-32-33-34-35-37-39-41-43-49(53)50-47(48(52)42-40-38-36-13-11-9-7-2)46-57-58(54,55)56-45-44-51(3,4)5/h8,10,14-15,17-18,20-21,23-24,26-27,29-30,32-33,35,37,40,42,47-48,52H,6-7,9,11-13,16,19,22,25,28,31,34,36,38-39,41,43-46H2,1-5H3,(H-,50,53,54,55)/p+1/b10-8-,15-14-,18-17-,21-20-,24-23-,27-26-,30-29-,33-32-,37-35-,42-40+. The smallest absolute Gasteiger partial charge is 0.387 e. The van der Waals surface area contributed by atoms with Crippen LogP contribution in [0.3, 0.4) is 0 Å². The lowest BCUT2D eigenvalue weighted by Gasteiger charge is -2.25. The molecule has 9 heteroatoms. The molecular weight excluding hydrogens is 744 g/mol. The van der Waals surface area contributed by atoms with Gasteiger partial charge in [-0.2, -0.15) is 0 Å². The molecular formula is C49H82N2O6P+. The van der Waals surface area contributed by atoms with Crippen LogP contribution in [-0.2, 0) is 18.4 Å². The average molecular weight is 826 g/mol. The molecule has 0 rings (SSSR count). The van der Waals surface area contributed by atoms with Crippen LogP contribution in [-0.4, -0.2) is 73.4 Å². The molecule has 0 bridgehead atoms. The molecule has 0 heterocycles. The number of hydrogen-bond donors (Lipinski definition) is 3. The maximum atomic E-state index is 12.8. The van der Waals surface area contributed by atoms with Gasteiger partial charge in [-0.3, -0.25) is 13.8 Å². The van der Waals surface area contributed by atoms with Gasteiger partial charge in [0.1, 0.15) is 13.2 Å². The Morgan fingerprint density at radius 3 is 1.48 bits per heavy atom. The number of carbonyl (C=O) groups excluding carboxylic acids is 1. The molecule has 0 radical (unpaired) electrons. The number of aliphatic hydroxyl groups is 1. The number of quaternary nitrogens is 1. The zero-order valence-electron chi connectivity index (χ0n) is 37.0. The maximum absolute atomic E-state index is 12.8. The van der Waals surface area contributed by atoms with Crippen LogP contribution in [0.5, 0.6) is 0 Å². The number of nitrogens with zero attached hydrogens (tertiary/aromatic N) is 1.